The number of hydrogen-bond acceptors (Lipinski definition) is 2. The molecule has 3 aromatic rings. The van der Waals surface area contributed by atoms with Gasteiger partial charge in [0.1, 0.15) is 0 Å². The lowest BCUT2D eigenvalue weighted by Gasteiger charge is -1.98. The van der Waals surface area contributed by atoms with Crippen molar-refractivity contribution in [1.29, 1.82) is 0 Å². The van der Waals surface area contributed by atoms with Crippen LogP contribution in [-0.4, -0.2) is 9.97 Å². The van der Waals surface area contributed by atoms with E-state index in [4.69, 9.17) is 5.73 Å². The molecule has 0 unspecified atom stereocenters. The van der Waals surface area contributed by atoms with Crippen LogP contribution in [0.25, 0.3) is 11.1 Å². The number of hydrogen-bond donors (Lipinski definition) is 2. The number of rotatable bonds is 1. The zero-order valence-electron chi connectivity index (χ0n) is 9.95. The molecular formula is C15H15N3. The summed E-state index contributed by atoms with van der Waals surface area (Å²) in [6.07, 6.45) is 3.28. The molecule has 3 N–H and O–H groups in total. The van der Waals surface area contributed by atoms with Gasteiger partial charge >= 0.3 is 0 Å². The van der Waals surface area contributed by atoms with E-state index >= 15 is 0 Å². The van der Waals surface area contributed by atoms with E-state index in [9.17, 15) is 0 Å². The fourth-order valence-corrected chi connectivity index (χ4v) is 1.54. The molecule has 90 valence electrons. The van der Waals surface area contributed by atoms with Gasteiger partial charge in [0.25, 0.3) is 0 Å². The number of anilines is 1. The van der Waals surface area contributed by atoms with E-state index in [0.29, 0.717) is 5.95 Å². The van der Waals surface area contributed by atoms with Crippen molar-refractivity contribution in [2.75, 3.05) is 5.73 Å². The van der Waals surface area contributed by atoms with E-state index in [1.54, 1.807) is 12.4 Å². The first-order chi connectivity index (χ1) is 8.86. The number of nitrogens with one attached hydrogen (secondary N) is 1. The highest BCUT2D eigenvalue weighted by Crippen LogP contribution is 2.17. The Bertz CT molecular complexity index is 507. The first-order valence-electron chi connectivity index (χ1n) is 5.71. The maximum atomic E-state index is 5.11. The number of benzene rings is 2. The SMILES string of the molecule is Nc1ncc[nH]1.c1ccc(-c2ccccc2)cc1. The average molecular weight is 237 g/mol. The van der Waals surface area contributed by atoms with Crippen LogP contribution in [0.5, 0.6) is 0 Å². The molecular weight excluding hydrogens is 222 g/mol. The molecule has 0 aliphatic heterocycles. The highest BCUT2D eigenvalue weighted by molar-refractivity contribution is 5.62. The van der Waals surface area contributed by atoms with Crippen molar-refractivity contribution in [3.05, 3.63) is 73.1 Å². The van der Waals surface area contributed by atoms with Crippen LogP contribution >= 0.6 is 0 Å². The summed E-state index contributed by atoms with van der Waals surface area (Å²) >= 11 is 0. The van der Waals surface area contributed by atoms with Gasteiger partial charge in [0.05, 0.1) is 0 Å². The second-order valence-electron chi connectivity index (χ2n) is 3.71. The van der Waals surface area contributed by atoms with Gasteiger partial charge in [-0.3, -0.25) is 0 Å². The molecule has 0 amide bonds. The Morgan fingerprint density at radius 2 is 1.28 bits per heavy atom. The first-order valence-corrected chi connectivity index (χ1v) is 5.71. The lowest BCUT2D eigenvalue weighted by atomic mass is 10.1. The molecule has 0 spiro atoms. The minimum Gasteiger partial charge on any atom is -0.369 e. The largest absolute Gasteiger partial charge is 0.369 e. The first kappa shape index (κ1) is 11.9. The maximum absolute atomic E-state index is 5.11. The van der Waals surface area contributed by atoms with E-state index in [-0.39, 0.29) is 0 Å². The summed E-state index contributed by atoms with van der Waals surface area (Å²) < 4.78 is 0. The molecule has 1 aromatic heterocycles. The Hall–Kier alpha value is -2.55. The van der Waals surface area contributed by atoms with Gasteiger partial charge in [0.15, 0.2) is 5.95 Å². The topological polar surface area (TPSA) is 54.7 Å². The Morgan fingerprint density at radius 3 is 1.56 bits per heavy atom. The monoisotopic (exact) mass is 237 g/mol. The van der Waals surface area contributed by atoms with Crippen molar-refractivity contribution in [1.82, 2.24) is 9.97 Å². The van der Waals surface area contributed by atoms with Crippen molar-refractivity contribution in [2.24, 2.45) is 0 Å². The van der Waals surface area contributed by atoms with Crippen molar-refractivity contribution in [2.45, 2.75) is 0 Å². The van der Waals surface area contributed by atoms with Gasteiger partial charge in [-0.05, 0) is 11.1 Å². The zero-order valence-corrected chi connectivity index (χ0v) is 9.95. The maximum Gasteiger partial charge on any atom is 0.197 e. The molecule has 0 fully saturated rings. The summed E-state index contributed by atoms with van der Waals surface area (Å²) in [5.74, 6) is 0.468. The van der Waals surface area contributed by atoms with Gasteiger partial charge in [0.2, 0.25) is 0 Å². The predicted octanol–water partition coefficient (Wildman–Crippen LogP) is 3.35. The minimum absolute atomic E-state index is 0.468. The van der Waals surface area contributed by atoms with Crippen LogP contribution in [-0.2, 0) is 0 Å². The molecule has 0 atom stereocenters. The van der Waals surface area contributed by atoms with Gasteiger partial charge in [-0.15, -0.1) is 0 Å². The number of nitrogens with two attached hydrogens (primary N) is 1. The number of nitrogen functional groups attached to an aromatic ring is 1. The minimum atomic E-state index is 0.468. The molecule has 1 heterocycles. The molecule has 0 bridgehead atoms. The normalized spacial score (nSPS) is 9.33. The van der Waals surface area contributed by atoms with Crippen molar-refractivity contribution >= 4 is 5.95 Å². The summed E-state index contributed by atoms with van der Waals surface area (Å²) in [6, 6.07) is 20.8. The summed E-state index contributed by atoms with van der Waals surface area (Å²) in [6.45, 7) is 0. The van der Waals surface area contributed by atoms with Crippen molar-refractivity contribution in [3.63, 3.8) is 0 Å². The van der Waals surface area contributed by atoms with E-state index in [0.717, 1.165) is 0 Å². The highest BCUT2D eigenvalue weighted by atomic mass is 15.0. The number of aromatic amines is 1. The third-order valence-corrected chi connectivity index (χ3v) is 2.40. The summed E-state index contributed by atoms with van der Waals surface area (Å²) in [5, 5.41) is 0. The quantitative estimate of drug-likeness (QED) is 0.682. The number of H-pyrrole nitrogens is 1. The molecule has 0 radical (unpaired) electrons. The van der Waals surface area contributed by atoms with Gasteiger partial charge in [0, 0.05) is 12.4 Å². The second-order valence-corrected chi connectivity index (χ2v) is 3.71. The zero-order chi connectivity index (χ0) is 12.6. The standard InChI is InChI=1S/C12H10.C3H5N3/c1-3-7-11(8-4-1)12-9-5-2-6-10-12;4-3-5-1-2-6-3/h1-10H;1-2H,(H3,4,5,6). The van der Waals surface area contributed by atoms with Gasteiger partial charge in [-0.1, -0.05) is 60.7 Å². The predicted molar refractivity (Wildman–Crippen MR) is 74.9 cm³/mol. The average Bonchev–Trinajstić information content (AvgIpc) is 2.93. The highest BCUT2D eigenvalue weighted by Gasteiger charge is 1.91. The number of imidazole rings is 1. The fraction of sp³-hybridized carbons (Fsp3) is 0. The Labute approximate surface area is 106 Å². The third-order valence-electron chi connectivity index (χ3n) is 2.40. The number of aromatic nitrogens is 2. The fourth-order valence-electron chi connectivity index (χ4n) is 1.54. The lowest BCUT2D eigenvalue weighted by Crippen LogP contribution is -1.83. The Kier molecular flexibility index (Phi) is 4.14. The van der Waals surface area contributed by atoms with Crippen LogP contribution in [0.4, 0.5) is 5.95 Å². The molecule has 18 heavy (non-hydrogen) atoms. The second kappa shape index (κ2) is 6.25. The number of nitrogens with zero attached hydrogens (tertiary/aromatic N) is 1. The van der Waals surface area contributed by atoms with Gasteiger partial charge in [-0.2, -0.15) is 0 Å². The van der Waals surface area contributed by atoms with Crippen LogP contribution in [0, 0.1) is 0 Å². The van der Waals surface area contributed by atoms with Crippen LogP contribution < -0.4 is 5.73 Å². The van der Waals surface area contributed by atoms with Gasteiger partial charge in [-0.25, -0.2) is 4.98 Å². The molecule has 0 saturated heterocycles. The Morgan fingerprint density at radius 1 is 0.778 bits per heavy atom. The molecule has 3 heteroatoms. The van der Waals surface area contributed by atoms with Crippen LogP contribution in [0.15, 0.2) is 73.1 Å². The smallest absolute Gasteiger partial charge is 0.197 e. The van der Waals surface area contributed by atoms with E-state index < -0.39 is 0 Å². The van der Waals surface area contributed by atoms with E-state index in [1.165, 1.54) is 11.1 Å². The summed E-state index contributed by atoms with van der Waals surface area (Å²) in [4.78, 5) is 6.31. The molecule has 3 rings (SSSR count). The molecule has 3 nitrogen and oxygen atoms in total. The van der Waals surface area contributed by atoms with Gasteiger partial charge < -0.3 is 10.7 Å². The van der Waals surface area contributed by atoms with Crippen LogP contribution in [0.1, 0.15) is 0 Å². The van der Waals surface area contributed by atoms with Crippen LogP contribution in [0.3, 0.4) is 0 Å². The van der Waals surface area contributed by atoms with E-state index in [1.807, 2.05) is 12.1 Å². The van der Waals surface area contributed by atoms with E-state index in [2.05, 4.69) is 58.5 Å². The summed E-state index contributed by atoms with van der Waals surface area (Å²) in [5.41, 5.74) is 7.66. The third kappa shape index (κ3) is 3.49. The van der Waals surface area contributed by atoms with Crippen LogP contribution in [0.2, 0.25) is 0 Å². The molecule has 0 aliphatic carbocycles. The van der Waals surface area contributed by atoms with Crippen molar-refractivity contribution in [3.8, 4) is 11.1 Å². The lowest BCUT2D eigenvalue weighted by molar-refractivity contribution is 1.33. The summed E-state index contributed by atoms with van der Waals surface area (Å²) in [7, 11) is 0. The Balaban J connectivity index is 0.000000169. The molecule has 0 aliphatic rings. The van der Waals surface area contributed by atoms with Crippen molar-refractivity contribution < 1.29 is 0 Å². The molecule has 0 saturated carbocycles. The molecule has 2 aromatic carbocycles.